The average molecular weight is 641 g/mol. The van der Waals surface area contributed by atoms with Gasteiger partial charge >= 0.3 is 0 Å². The van der Waals surface area contributed by atoms with Gasteiger partial charge in [-0.15, -0.1) is 0 Å². The molecule has 2 amide bonds. The summed E-state index contributed by atoms with van der Waals surface area (Å²) in [6.07, 6.45) is 1.89. The summed E-state index contributed by atoms with van der Waals surface area (Å²) >= 11 is 0. The van der Waals surface area contributed by atoms with Gasteiger partial charge in [0.15, 0.2) is 0 Å². The molecule has 240 valence electrons. The standard InChI is InChI=1S/C43H36N4O2/c1-4-28-15-19-30(20-16-28)39-25-34(32-10-6-8-12-36(32)44-39)42(48)46-38-23-14-27(3)24-41(38)47-43(49)35-26-40(31-21-17-29(5-2)18-22-31)45-37-13-9-7-11-33(35)37/h6-26H,4-5H2,1-3H3,(H,46,48)(H,47,49). The largest absolute Gasteiger partial charge is 0.320 e. The van der Waals surface area contributed by atoms with E-state index in [9.17, 15) is 9.59 Å². The van der Waals surface area contributed by atoms with E-state index < -0.39 is 0 Å². The number of pyridine rings is 2. The number of para-hydroxylation sites is 2. The molecule has 2 N–H and O–H groups in total. The third-order valence-corrected chi connectivity index (χ3v) is 8.91. The highest BCUT2D eigenvalue weighted by atomic mass is 16.2. The fourth-order valence-corrected chi connectivity index (χ4v) is 6.09. The quantitative estimate of drug-likeness (QED) is 0.173. The molecule has 0 spiro atoms. The van der Waals surface area contributed by atoms with Gasteiger partial charge in [0.2, 0.25) is 0 Å². The maximum absolute atomic E-state index is 14.1. The number of nitrogens with one attached hydrogen (secondary N) is 2. The highest BCUT2D eigenvalue weighted by Crippen LogP contribution is 2.31. The van der Waals surface area contributed by atoms with Gasteiger partial charge < -0.3 is 10.6 Å². The molecule has 49 heavy (non-hydrogen) atoms. The Balaban J connectivity index is 1.23. The second-order valence-corrected chi connectivity index (χ2v) is 12.2. The Kier molecular flexibility index (Phi) is 8.69. The van der Waals surface area contributed by atoms with Gasteiger partial charge in [-0.05, 0) is 72.9 Å². The maximum Gasteiger partial charge on any atom is 0.256 e. The first kappa shape index (κ1) is 31.5. The fraction of sp³-hybridized carbons (Fsp3) is 0.116. The van der Waals surface area contributed by atoms with Crippen molar-refractivity contribution in [2.45, 2.75) is 33.6 Å². The molecule has 0 unspecified atom stereocenters. The Labute approximate surface area is 285 Å². The third kappa shape index (κ3) is 6.54. The molecule has 0 saturated heterocycles. The summed E-state index contributed by atoms with van der Waals surface area (Å²) in [5, 5.41) is 7.69. The summed E-state index contributed by atoms with van der Waals surface area (Å²) in [5.74, 6) is -0.588. The van der Waals surface area contributed by atoms with E-state index in [1.54, 1.807) is 0 Å². The molecule has 7 aromatic rings. The van der Waals surface area contributed by atoms with Crippen LogP contribution in [0, 0.1) is 6.92 Å². The second kappa shape index (κ2) is 13.5. The molecule has 0 atom stereocenters. The zero-order chi connectivity index (χ0) is 33.9. The molecule has 0 aliphatic carbocycles. The SMILES string of the molecule is CCc1ccc(-c2cc(C(=O)Nc3ccc(C)cc3NC(=O)c3cc(-c4ccc(CC)cc4)nc4ccccc34)c3ccccc3n2)cc1. The van der Waals surface area contributed by atoms with Crippen LogP contribution in [0.4, 0.5) is 11.4 Å². The van der Waals surface area contributed by atoms with Crippen LogP contribution in [-0.2, 0) is 12.8 Å². The van der Waals surface area contributed by atoms with Gasteiger partial charge in [-0.3, -0.25) is 9.59 Å². The molecule has 0 aliphatic rings. The second-order valence-electron chi connectivity index (χ2n) is 12.2. The number of carbonyl (C=O) groups is 2. The van der Waals surface area contributed by atoms with Crippen molar-refractivity contribution in [2.24, 2.45) is 0 Å². The molecule has 0 fully saturated rings. The van der Waals surface area contributed by atoms with E-state index in [-0.39, 0.29) is 11.8 Å². The Morgan fingerprint density at radius 2 is 0.980 bits per heavy atom. The first-order chi connectivity index (χ1) is 23.9. The lowest BCUT2D eigenvalue weighted by atomic mass is 10.0. The maximum atomic E-state index is 14.1. The van der Waals surface area contributed by atoms with Crippen LogP contribution in [0.5, 0.6) is 0 Å². The molecule has 2 heterocycles. The number of amides is 2. The van der Waals surface area contributed by atoms with Crippen LogP contribution in [-0.4, -0.2) is 21.8 Å². The van der Waals surface area contributed by atoms with Crippen LogP contribution in [0.1, 0.15) is 51.3 Å². The fourth-order valence-electron chi connectivity index (χ4n) is 6.09. The highest BCUT2D eigenvalue weighted by Gasteiger charge is 2.19. The first-order valence-electron chi connectivity index (χ1n) is 16.6. The summed E-state index contributed by atoms with van der Waals surface area (Å²) in [6, 6.07) is 41.1. The van der Waals surface area contributed by atoms with Crippen molar-refractivity contribution in [1.82, 2.24) is 9.97 Å². The van der Waals surface area contributed by atoms with Crippen molar-refractivity contribution < 1.29 is 9.59 Å². The van der Waals surface area contributed by atoms with E-state index in [1.165, 1.54) is 11.1 Å². The van der Waals surface area contributed by atoms with Gasteiger partial charge in [0.1, 0.15) is 0 Å². The van der Waals surface area contributed by atoms with Crippen LogP contribution in [0.3, 0.4) is 0 Å². The van der Waals surface area contributed by atoms with Crippen LogP contribution < -0.4 is 10.6 Å². The molecular weight excluding hydrogens is 604 g/mol. The van der Waals surface area contributed by atoms with E-state index in [1.807, 2.05) is 110 Å². The van der Waals surface area contributed by atoms with Crippen molar-refractivity contribution in [1.29, 1.82) is 0 Å². The topological polar surface area (TPSA) is 84.0 Å². The molecule has 0 aliphatic heterocycles. The number of nitrogens with zero attached hydrogens (tertiary/aromatic N) is 2. The summed E-state index contributed by atoms with van der Waals surface area (Å²) in [5.41, 5.74) is 10.2. The van der Waals surface area contributed by atoms with Gasteiger partial charge in [-0.2, -0.15) is 0 Å². The summed E-state index contributed by atoms with van der Waals surface area (Å²) in [6.45, 7) is 6.19. The third-order valence-electron chi connectivity index (χ3n) is 8.91. The normalized spacial score (nSPS) is 11.1. The number of aromatic nitrogens is 2. The number of rotatable bonds is 8. The molecule has 0 bridgehead atoms. The van der Waals surface area contributed by atoms with Crippen molar-refractivity contribution in [3.8, 4) is 22.5 Å². The highest BCUT2D eigenvalue weighted by molar-refractivity contribution is 6.17. The number of hydrogen-bond donors (Lipinski definition) is 2. The first-order valence-corrected chi connectivity index (χ1v) is 16.6. The van der Waals surface area contributed by atoms with Gasteiger partial charge in [-0.25, -0.2) is 9.97 Å². The predicted molar refractivity (Wildman–Crippen MR) is 200 cm³/mol. The molecular formula is C43H36N4O2. The lowest BCUT2D eigenvalue weighted by molar-refractivity contribution is 0.101. The monoisotopic (exact) mass is 640 g/mol. The molecule has 6 heteroatoms. The zero-order valence-corrected chi connectivity index (χ0v) is 27.7. The van der Waals surface area contributed by atoms with Gasteiger partial charge in [0.25, 0.3) is 11.8 Å². The Hall–Kier alpha value is -6.14. The van der Waals surface area contributed by atoms with Crippen molar-refractivity contribution in [3.05, 3.63) is 155 Å². The predicted octanol–water partition coefficient (Wildman–Crippen LogP) is 10.1. The van der Waals surface area contributed by atoms with Crippen molar-refractivity contribution in [2.75, 3.05) is 10.6 Å². The number of hydrogen-bond acceptors (Lipinski definition) is 4. The lowest BCUT2D eigenvalue weighted by Gasteiger charge is -2.16. The van der Waals surface area contributed by atoms with E-state index in [0.717, 1.165) is 51.3 Å². The Morgan fingerprint density at radius 3 is 1.45 bits per heavy atom. The average Bonchev–Trinajstić information content (AvgIpc) is 3.15. The number of benzene rings is 5. The van der Waals surface area contributed by atoms with E-state index in [2.05, 4.69) is 48.7 Å². The van der Waals surface area contributed by atoms with Crippen LogP contribution in [0.25, 0.3) is 44.3 Å². The molecule has 7 rings (SSSR count). The van der Waals surface area contributed by atoms with Crippen molar-refractivity contribution >= 4 is 45.0 Å². The number of aryl methyl sites for hydroxylation is 3. The van der Waals surface area contributed by atoms with Gasteiger partial charge in [0.05, 0.1) is 44.9 Å². The lowest BCUT2D eigenvalue weighted by Crippen LogP contribution is -2.18. The summed E-state index contributed by atoms with van der Waals surface area (Å²) < 4.78 is 0. The van der Waals surface area contributed by atoms with Gasteiger partial charge in [-0.1, -0.05) is 105 Å². The van der Waals surface area contributed by atoms with E-state index in [0.29, 0.717) is 33.9 Å². The smallest absolute Gasteiger partial charge is 0.256 e. The minimum Gasteiger partial charge on any atom is -0.320 e. The minimum atomic E-state index is -0.295. The van der Waals surface area contributed by atoms with Crippen LogP contribution in [0.15, 0.2) is 127 Å². The molecule has 0 radical (unpaired) electrons. The van der Waals surface area contributed by atoms with E-state index in [4.69, 9.17) is 9.97 Å². The number of carbonyl (C=O) groups excluding carboxylic acids is 2. The number of anilines is 2. The number of fused-ring (bicyclic) bond motifs is 2. The summed E-state index contributed by atoms with van der Waals surface area (Å²) in [4.78, 5) is 37.9. The zero-order valence-electron chi connectivity index (χ0n) is 27.7. The minimum absolute atomic E-state index is 0.293. The Morgan fingerprint density at radius 1 is 0.531 bits per heavy atom. The van der Waals surface area contributed by atoms with Crippen LogP contribution in [0.2, 0.25) is 0 Å². The van der Waals surface area contributed by atoms with Crippen LogP contribution >= 0.6 is 0 Å². The Bertz CT molecular complexity index is 2350. The summed E-state index contributed by atoms with van der Waals surface area (Å²) in [7, 11) is 0. The molecule has 6 nitrogen and oxygen atoms in total. The molecule has 0 saturated carbocycles. The van der Waals surface area contributed by atoms with Crippen molar-refractivity contribution in [3.63, 3.8) is 0 Å². The molecule has 2 aromatic heterocycles. The van der Waals surface area contributed by atoms with E-state index >= 15 is 0 Å². The van der Waals surface area contributed by atoms with Gasteiger partial charge in [0, 0.05) is 21.9 Å². The molecule has 5 aromatic carbocycles.